The van der Waals surface area contributed by atoms with E-state index in [4.69, 9.17) is 0 Å². The van der Waals surface area contributed by atoms with E-state index in [0.717, 1.165) is 27.6 Å². The van der Waals surface area contributed by atoms with Crippen LogP contribution in [0.3, 0.4) is 0 Å². The number of nitrogens with one attached hydrogen (secondary N) is 2. The first-order valence-electron chi connectivity index (χ1n) is 8.29. The molecule has 0 saturated heterocycles. The zero-order valence-electron chi connectivity index (χ0n) is 14.6. The Labute approximate surface area is 146 Å². The maximum absolute atomic E-state index is 12.1. The molecule has 6 heteroatoms. The Balaban J connectivity index is 1.94. The van der Waals surface area contributed by atoms with Gasteiger partial charge in [0, 0.05) is 41.8 Å². The maximum atomic E-state index is 12.1. The lowest BCUT2D eigenvalue weighted by Crippen LogP contribution is -2.41. The van der Waals surface area contributed by atoms with Crippen LogP contribution >= 0.6 is 0 Å². The van der Waals surface area contributed by atoms with E-state index >= 15 is 0 Å². The molecular formula is C19H22N4O2. The highest BCUT2D eigenvalue weighted by molar-refractivity contribution is 6.15. The Morgan fingerprint density at radius 1 is 1.32 bits per heavy atom. The zero-order chi connectivity index (χ0) is 18.0. The van der Waals surface area contributed by atoms with Crippen LogP contribution in [0.5, 0.6) is 0 Å². The summed E-state index contributed by atoms with van der Waals surface area (Å²) in [5.41, 5.74) is 4.60. The largest absolute Gasteiger partial charge is 0.380 e. The second-order valence-electron chi connectivity index (χ2n) is 6.09. The van der Waals surface area contributed by atoms with Crippen LogP contribution < -0.4 is 5.32 Å². The molecule has 0 unspecified atom stereocenters. The molecule has 0 spiro atoms. The van der Waals surface area contributed by atoms with E-state index in [0.29, 0.717) is 23.8 Å². The van der Waals surface area contributed by atoms with Gasteiger partial charge in [0.05, 0.1) is 5.70 Å². The van der Waals surface area contributed by atoms with Gasteiger partial charge in [-0.25, -0.2) is 0 Å². The number of fused-ring (bicyclic) bond motifs is 1. The highest BCUT2D eigenvalue weighted by Crippen LogP contribution is 2.23. The first-order valence-corrected chi connectivity index (χ1v) is 8.29. The van der Waals surface area contributed by atoms with Crippen molar-refractivity contribution in [1.82, 2.24) is 15.4 Å². The van der Waals surface area contributed by atoms with Crippen molar-refractivity contribution in [3.63, 3.8) is 0 Å². The predicted octanol–water partition coefficient (Wildman–Crippen LogP) is 3.13. The molecule has 1 amide bonds. The van der Waals surface area contributed by atoms with Crippen LogP contribution in [0.2, 0.25) is 0 Å². The number of aliphatic imine (C=N–C) groups is 1. The second-order valence-corrected chi connectivity index (χ2v) is 6.09. The predicted molar refractivity (Wildman–Crippen MR) is 98.2 cm³/mol. The molecule has 0 saturated carbocycles. The number of hydroxylamine groups is 2. The van der Waals surface area contributed by atoms with Crippen LogP contribution in [-0.2, 0) is 11.3 Å². The van der Waals surface area contributed by atoms with Crippen molar-refractivity contribution < 1.29 is 10.0 Å². The standard InChI is InChI=1S/C19H22N4O2/c1-4-20-19-18(12(2)3)16(10-17(24)23(19)25)22-11-13-6-5-7-15-14(13)8-9-21-15/h5-10,21-22,25H,4,11H2,1-3H3. The van der Waals surface area contributed by atoms with Crippen molar-refractivity contribution in [3.8, 4) is 0 Å². The summed E-state index contributed by atoms with van der Waals surface area (Å²) in [7, 11) is 0. The van der Waals surface area contributed by atoms with Gasteiger partial charge in [-0.05, 0) is 38.5 Å². The molecule has 2 aromatic rings. The Bertz CT molecular complexity index is 901. The lowest BCUT2D eigenvalue weighted by Gasteiger charge is -2.27. The number of aromatic amines is 1. The van der Waals surface area contributed by atoms with Crippen molar-refractivity contribution in [1.29, 1.82) is 0 Å². The Kier molecular flexibility index (Phi) is 4.72. The van der Waals surface area contributed by atoms with Gasteiger partial charge < -0.3 is 10.3 Å². The number of hydrogen-bond donors (Lipinski definition) is 3. The summed E-state index contributed by atoms with van der Waals surface area (Å²) >= 11 is 0. The average molecular weight is 338 g/mol. The van der Waals surface area contributed by atoms with Crippen molar-refractivity contribution in [2.24, 2.45) is 4.99 Å². The topological polar surface area (TPSA) is 80.7 Å². The van der Waals surface area contributed by atoms with E-state index in [1.807, 2.05) is 45.2 Å². The number of carbonyl (C=O) groups excluding carboxylic acids is 1. The number of carbonyl (C=O) groups is 1. The molecule has 0 bridgehead atoms. The minimum Gasteiger partial charge on any atom is -0.380 e. The summed E-state index contributed by atoms with van der Waals surface area (Å²) in [5, 5.41) is 15.1. The molecule has 1 aliphatic rings. The quantitative estimate of drug-likeness (QED) is 0.749. The van der Waals surface area contributed by atoms with Crippen LogP contribution in [0.1, 0.15) is 26.3 Å². The molecule has 0 atom stereocenters. The first-order chi connectivity index (χ1) is 12.0. The summed E-state index contributed by atoms with van der Waals surface area (Å²) < 4.78 is 0. The summed E-state index contributed by atoms with van der Waals surface area (Å²) in [6.07, 6.45) is 3.32. The van der Waals surface area contributed by atoms with Crippen molar-refractivity contribution >= 4 is 22.6 Å². The molecule has 1 aliphatic heterocycles. The minimum absolute atomic E-state index is 0.289. The van der Waals surface area contributed by atoms with Gasteiger partial charge in [-0.3, -0.25) is 15.0 Å². The fourth-order valence-corrected chi connectivity index (χ4v) is 3.01. The van der Waals surface area contributed by atoms with Gasteiger partial charge in [-0.15, -0.1) is 0 Å². The number of benzene rings is 1. The van der Waals surface area contributed by atoms with Gasteiger partial charge in [0.15, 0.2) is 5.84 Å². The number of H-pyrrole nitrogens is 1. The molecule has 0 fully saturated rings. The normalized spacial score (nSPS) is 16.6. The third-order valence-electron chi connectivity index (χ3n) is 4.13. The molecule has 0 radical (unpaired) electrons. The Hall–Kier alpha value is -2.86. The third kappa shape index (κ3) is 3.21. The Morgan fingerprint density at radius 3 is 2.84 bits per heavy atom. The number of amidine groups is 1. The lowest BCUT2D eigenvalue weighted by atomic mass is 10.0. The minimum atomic E-state index is -0.500. The van der Waals surface area contributed by atoms with Crippen LogP contribution in [0.4, 0.5) is 0 Å². The van der Waals surface area contributed by atoms with Gasteiger partial charge in [-0.1, -0.05) is 17.7 Å². The average Bonchev–Trinajstić information content (AvgIpc) is 3.06. The van der Waals surface area contributed by atoms with Gasteiger partial charge in [0.1, 0.15) is 0 Å². The second kappa shape index (κ2) is 6.94. The van der Waals surface area contributed by atoms with Gasteiger partial charge in [-0.2, -0.15) is 5.06 Å². The number of aromatic nitrogens is 1. The number of hydrogen-bond acceptors (Lipinski definition) is 4. The lowest BCUT2D eigenvalue weighted by molar-refractivity contribution is -0.143. The van der Waals surface area contributed by atoms with Crippen molar-refractivity contribution in [2.75, 3.05) is 6.54 Å². The zero-order valence-corrected chi connectivity index (χ0v) is 14.6. The summed E-state index contributed by atoms with van der Waals surface area (Å²) in [6.45, 7) is 6.79. The van der Waals surface area contributed by atoms with E-state index in [-0.39, 0.29) is 5.84 Å². The van der Waals surface area contributed by atoms with E-state index in [9.17, 15) is 10.0 Å². The molecule has 130 valence electrons. The summed E-state index contributed by atoms with van der Waals surface area (Å²) in [6, 6.07) is 8.11. The molecule has 0 aliphatic carbocycles. The van der Waals surface area contributed by atoms with E-state index in [1.54, 1.807) is 0 Å². The summed E-state index contributed by atoms with van der Waals surface area (Å²) in [4.78, 5) is 19.6. The highest BCUT2D eigenvalue weighted by atomic mass is 16.5. The van der Waals surface area contributed by atoms with Crippen LogP contribution in [0.25, 0.3) is 10.9 Å². The molecule has 1 aromatic heterocycles. The fraction of sp³-hybridized carbons (Fsp3) is 0.263. The van der Waals surface area contributed by atoms with Crippen molar-refractivity contribution in [3.05, 3.63) is 58.9 Å². The van der Waals surface area contributed by atoms with Crippen molar-refractivity contribution in [2.45, 2.75) is 27.3 Å². The molecule has 3 N–H and O–H groups in total. The van der Waals surface area contributed by atoms with E-state index in [2.05, 4.69) is 21.4 Å². The molecule has 6 nitrogen and oxygen atoms in total. The van der Waals surface area contributed by atoms with E-state index in [1.165, 1.54) is 6.08 Å². The molecule has 25 heavy (non-hydrogen) atoms. The molecule has 3 rings (SSSR count). The fourth-order valence-electron chi connectivity index (χ4n) is 3.01. The number of rotatable bonds is 4. The van der Waals surface area contributed by atoms with Crippen LogP contribution in [-0.4, -0.2) is 33.5 Å². The highest BCUT2D eigenvalue weighted by Gasteiger charge is 2.29. The maximum Gasteiger partial charge on any atom is 0.278 e. The SMILES string of the molecule is CCN=C1C(=C(C)C)C(NCc2cccc3[nH]ccc23)=CC(=O)N1O. The molecular weight excluding hydrogens is 316 g/mol. The van der Waals surface area contributed by atoms with Gasteiger partial charge >= 0.3 is 0 Å². The van der Waals surface area contributed by atoms with Crippen LogP contribution in [0, 0.1) is 0 Å². The first kappa shape index (κ1) is 17.0. The smallest absolute Gasteiger partial charge is 0.278 e. The van der Waals surface area contributed by atoms with Gasteiger partial charge in [0.25, 0.3) is 5.91 Å². The number of nitrogens with zero attached hydrogens (tertiary/aromatic N) is 2. The van der Waals surface area contributed by atoms with Gasteiger partial charge in [0.2, 0.25) is 0 Å². The third-order valence-corrected chi connectivity index (χ3v) is 4.13. The molecule has 2 heterocycles. The number of amides is 1. The molecule has 1 aromatic carbocycles. The van der Waals surface area contributed by atoms with E-state index < -0.39 is 5.91 Å². The Morgan fingerprint density at radius 2 is 2.12 bits per heavy atom. The monoisotopic (exact) mass is 338 g/mol. The van der Waals surface area contributed by atoms with Crippen LogP contribution in [0.15, 0.2) is 58.4 Å². The number of allylic oxidation sites excluding steroid dienone is 1. The summed E-state index contributed by atoms with van der Waals surface area (Å²) in [5.74, 6) is -0.211.